The van der Waals surface area contributed by atoms with Crippen molar-refractivity contribution in [2.75, 3.05) is 0 Å². The Morgan fingerprint density at radius 3 is 2.23 bits per heavy atom. The first kappa shape index (κ1) is 11.9. The molecule has 2 heteroatoms. The van der Waals surface area contributed by atoms with Gasteiger partial charge in [0.05, 0.1) is 0 Å². The number of hydrogen-bond acceptors (Lipinski definition) is 1. The number of amides is 1. The summed E-state index contributed by atoms with van der Waals surface area (Å²) in [4.78, 5) is 11.1. The molecule has 0 saturated carbocycles. The second-order valence-electron chi connectivity index (χ2n) is 3.65. The number of hydrogen-bond donors (Lipinski definition) is 1. The Bertz CT molecular complexity index is 202. The van der Waals surface area contributed by atoms with Gasteiger partial charge in [0, 0.05) is 12.1 Å². The molecule has 0 rings (SSSR count). The average Bonchev–Trinajstić information content (AvgIpc) is 1.96. The molecule has 0 aromatic carbocycles. The van der Waals surface area contributed by atoms with Crippen molar-refractivity contribution in [3.63, 3.8) is 0 Å². The third kappa shape index (κ3) is 8.86. The van der Waals surface area contributed by atoms with Gasteiger partial charge in [-0.2, -0.15) is 0 Å². The normalized spacial score (nSPS) is 12.2. The van der Waals surface area contributed by atoms with Crippen LogP contribution in [0.25, 0.3) is 0 Å². The Kier molecular flexibility index (Phi) is 5.94. The molecule has 0 fully saturated rings. The minimum atomic E-state index is -0.0385. The predicted octanol–water partition coefficient (Wildman–Crippen LogP) is 2.28. The molecule has 0 radical (unpaired) electrons. The smallest absolute Gasteiger partial charge is 0.244 e. The molecular weight excluding hydrogens is 162 g/mol. The van der Waals surface area contributed by atoms with Crippen LogP contribution in [0.4, 0.5) is 0 Å². The lowest BCUT2D eigenvalue weighted by atomic mass is 10.2. The third-order valence-electron chi connectivity index (χ3n) is 1.29. The summed E-state index contributed by atoms with van der Waals surface area (Å²) in [5.74, 6) is 0.487. The number of allylic oxidation sites excluding steroid dienone is 3. The maximum atomic E-state index is 11.1. The molecule has 1 N–H and O–H groups in total. The predicted molar refractivity (Wildman–Crippen MR) is 56.4 cm³/mol. The molecule has 0 unspecified atom stereocenters. The molecule has 74 valence electrons. The largest absolute Gasteiger partial charge is 0.350 e. The molecule has 13 heavy (non-hydrogen) atoms. The van der Waals surface area contributed by atoms with Crippen LogP contribution in [-0.4, -0.2) is 11.9 Å². The Morgan fingerprint density at radius 2 is 1.77 bits per heavy atom. The van der Waals surface area contributed by atoms with E-state index >= 15 is 0 Å². The van der Waals surface area contributed by atoms with Crippen molar-refractivity contribution < 1.29 is 4.79 Å². The van der Waals surface area contributed by atoms with Gasteiger partial charge < -0.3 is 5.32 Å². The van der Waals surface area contributed by atoms with Crippen LogP contribution in [0.2, 0.25) is 0 Å². The van der Waals surface area contributed by atoms with Crippen LogP contribution in [0.15, 0.2) is 24.3 Å². The van der Waals surface area contributed by atoms with Crippen LogP contribution in [-0.2, 0) is 4.79 Å². The first-order valence-corrected chi connectivity index (χ1v) is 4.67. The van der Waals surface area contributed by atoms with Gasteiger partial charge in [0.25, 0.3) is 0 Å². The Labute approximate surface area is 80.7 Å². The number of nitrogens with one attached hydrogen (secondary N) is 1. The van der Waals surface area contributed by atoms with E-state index in [0.717, 1.165) is 0 Å². The van der Waals surface area contributed by atoms with E-state index in [1.807, 2.05) is 26.0 Å². The van der Waals surface area contributed by atoms with Gasteiger partial charge in [-0.15, -0.1) is 0 Å². The van der Waals surface area contributed by atoms with Crippen LogP contribution >= 0.6 is 0 Å². The minimum Gasteiger partial charge on any atom is -0.350 e. The summed E-state index contributed by atoms with van der Waals surface area (Å²) in [6.07, 6.45) is 7.24. The van der Waals surface area contributed by atoms with E-state index < -0.39 is 0 Å². The Hall–Kier alpha value is -1.05. The molecule has 0 aromatic rings. The van der Waals surface area contributed by atoms with Gasteiger partial charge in [0.2, 0.25) is 5.91 Å². The molecule has 0 atom stereocenters. The molecule has 0 aliphatic rings. The van der Waals surface area contributed by atoms with Crippen LogP contribution < -0.4 is 5.32 Å². The van der Waals surface area contributed by atoms with Crippen LogP contribution in [0.3, 0.4) is 0 Å². The van der Waals surface area contributed by atoms with Gasteiger partial charge in [0.1, 0.15) is 0 Å². The quantitative estimate of drug-likeness (QED) is 0.523. The maximum Gasteiger partial charge on any atom is 0.244 e. The molecule has 0 spiro atoms. The molecule has 0 aliphatic heterocycles. The van der Waals surface area contributed by atoms with E-state index in [-0.39, 0.29) is 11.9 Å². The van der Waals surface area contributed by atoms with E-state index in [2.05, 4.69) is 19.2 Å². The summed E-state index contributed by atoms with van der Waals surface area (Å²) in [5, 5.41) is 2.77. The lowest BCUT2D eigenvalue weighted by molar-refractivity contribution is -0.116. The van der Waals surface area contributed by atoms with Crippen LogP contribution in [0.1, 0.15) is 27.7 Å². The lowest BCUT2D eigenvalue weighted by Crippen LogP contribution is -2.28. The fourth-order valence-electron chi connectivity index (χ4n) is 0.762. The zero-order valence-corrected chi connectivity index (χ0v) is 8.87. The fourth-order valence-corrected chi connectivity index (χ4v) is 0.762. The van der Waals surface area contributed by atoms with E-state index in [9.17, 15) is 4.79 Å². The summed E-state index contributed by atoms with van der Waals surface area (Å²) in [5.41, 5.74) is 0. The van der Waals surface area contributed by atoms with Gasteiger partial charge in [0.15, 0.2) is 0 Å². The van der Waals surface area contributed by atoms with Gasteiger partial charge in [-0.1, -0.05) is 32.1 Å². The zero-order chi connectivity index (χ0) is 10.3. The molecule has 0 aliphatic carbocycles. The topological polar surface area (TPSA) is 29.1 Å². The second kappa shape index (κ2) is 6.46. The van der Waals surface area contributed by atoms with Gasteiger partial charge in [-0.25, -0.2) is 0 Å². The van der Waals surface area contributed by atoms with Crippen molar-refractivity contribution in [3.8, 4) is 0 Å². The SMILES string of the molecule is CC(C)/C=C/C=C/C(=O)NC(C)C. The molecule has 1 amide bonds. The molecule has 0 saturated heterocycles. The number of carbonyl (C=O) groups is 1. The highest BCUT2D eigenvalue weighted by Gasteiger charge is 1.95. The standard InChI is InChI=1S/C11H19NO/c1-9(2)7-5-6-8-11(13)12-10(3)4/h5-10H,1-4H3,(H,12,13)/b7-5+,8-6+. The molecule has 0 heterocycles. The van der Waals surface area contributed by atoms with E-state index in [1.165, 1.54) is 0 Å². The average molecular weight is 181 g/mol. The Balaban J connectivity index is 3.78. The highest BCUT2D eigenvalue weighted by Crippen LogP contribution is 1.93. The highest BCUT2D eigenvalue weighted by molar-refractivity contribution is 5.87. The first-order chi connectivity index (χ1) is 6.02. The van der Waals surface area contributed by atoms with E-state index in [4.69, 9.17) is 0 Å². The van der Waals surface area contributed by atoms with Gasteiger partial charge in [-0.05, 0) is 19.8 Å². The van der Waals surface area contributed by atoms with Crippen molar-refractivity contribution in [3.05, 3.63) is 24.3 Å². The molecular formula is C11H19NO. The van der Waals surface area contributed by atoms with E-state index in [0.29, 0.717) is 5.92 Å². The van der Waals surface area contributed by atoms with Crippen molar-refractivity contribution in [2.45, 2.75) is 33.7 Å². The monoisotopic (exact) mass is 181 g/mol. The molecule has 0 aromatic heterocycles. The van der Waals surface area contributed by atoms with Crippen molar-refractivity contribution >= 4 is 5.91 Å². The van der Waals surface area contributed by atoms with Gasteiger partial charge in [-0.3, -0.25) is 4.79 Å². The first-order valence-electron chi connectivity index (χ1n) is 4.67. The summed E-state index contributed by atoms with van der Waals surface area (Å²) in [6, 6.07) is 0.200. The number of carbonyl (C=O) groups excluding carboxylic acids is 1. The Morgan fingerprint density at radius 1 is 1.15 bits per heavy atom. The van der Waals surface area contributed by atoms with E-state index in [1.54, 1.807) is 12.2 Å². The molecule has 2 nitrogen and oxygen atoms in total. The second-order valence-corrected chi connectivity index (χ2v) is 3.65. The van der Waals surface area contributed by atoms with Crippen molar-refractivity contribution in [1.82, 2.24) is 5.32 Å². The van der Waals surface area contributed by atoms with Crippen molar-refractivity contribution in [1.29, 1.82) is 0 Å². The minimum absolute atomic E-state index is 0.0385. The molecule has 0 bridgehead atoms. The summed E-state index contributed by atoms with van der Waals surface area (Å²) >= 11 is 0. The number of rotatable bonds is 4. The summed E-state index contributed by atoms with van der Waals surface area (Å²) in [6.45, 7) is 8.07. The maximum absolute atomic E-state index is 11.1. The van der Waals surface area contributed by atoms with Crippen LogP contribution in [0, 0.1) is 5.92 Å². The summed E-state index contributed by atoms with van der Waals surface area (Å²) < 4.78 is 0. The highest BCUT2D eigenvalue weighted by atomic mass is 16.1. The van der Waals surface area contributed by atoms with Crippen molar-refractivity contribution in [2.24, 2.45) is 5.92 Å². The fraction of sp³-hybridized carbons (Fsp3) is 0.545. The van der Waals surface area contributed by atoms with Gasteiger partial charge >= 0.3 is 0 Å². The summed E-state index contributed by atoms with van der Waals surface area (Å²) in [7, 11) is 0. The van der Waals surface area contributed by atoms with Crippen LogP contribution in [0.5, 0.6) is 0 Å². The third-order valence-corrected chi connectivity index (χ3v) is 1.29. The lowest BCUT2D eigenvalue weighted by Gasteiger charge is -2.03. The zero-order valence-electron chi connectivity index (χ0n) is 8.87.